The molecule has 128 valence electrons. The molecule has 3 heteroatoms. The van der Waals surface area contributed by atoms with Crippen LogP contribution < -0.4 is 10.1 Å². The molecular weight excluding hydrogens is 298 g/mol. The maximum atomic E-state index is 12.3. The molecule has 0 saturated heterocycles. The van der Waals surface area contributed by atoms with E-state index in [2.05, 4.69) is 39.1 Å². The van der Waals surface area contributed by atoms with E-state index in [9.17, 15) is 4.79 Å². The van der Waals surface area contributed by atoms with Crippen LogP contribution >= 0.6 is 0 Å². The Labute approximate surface area is 145 Å². The number of anilines is 1. The van der Waals surface area contributed by atoms with E-state index in [0.717, 1.165) is 29.0 Å². The van der Waals surface area contributed by atoms with Gasteiger partial charge in [-0.2, -0.15) is 0 Å². The molecule has 1 atom stereocenters. The fraction of sp³-hybridized carbons (Fsp3) is 0.381. The molecule has 0 saturated carbocycles. The fourth-order valence-electron chi connectivity index (χ4n) is 2.68. The summed E-state index contributed by atoms with van der Waals surface area (Å²) in [5.41, 5.74) is 3.15. The number of carbonyl (C=O) groups excluding carboxylic acids is 1. The van der Waals surface area contributed by atoms with Crippen LogP contribution in [0.1, 0.15) is 57.1 Å². The summed E-state index contributed by atoms with van der Waals surface area (Å²) in [6, 6.07) is 15.8. The smallest absolute Gasteiger partial charge is 0.262 e. The second kappa shape index (κ2) is 8.53. The Kier molecular flexibility index (Phi) is 6.42. The van der Waals surface area contributed by atoms with Crippen LogP contribution in [0.4, 0.5) is 5.69 Å². The lowest BCUT2D eigenvalue weighted by Gasteiger charge is -2.17. The Bertz CT molecular complexity index is 679. The van der Waals surface area contributed by atoms with Gasteiger partial charge in [0.05, 0.1) is 0 Å². The predicted octanol–water partition coefficient (Wildman–Crippen LogP) is 5.34. The number of para-hydroxylation sites is 2. The van der Waals surface area contributed by atoms with Gasteiger partial charge in [0.15, 0.2) is 6.61 Å². The van der Waals surface area contributed by atoms with E-state index >= 15 is 0 Å². The average Bonchev–Trinajstić information content (AvgIpc) is 2.60. The quantitative estimate of drug-likeness (QED) is 0.746. The number of hydrogen-bond acceptors (Lipinski definition) is 2. The molecule has 2 rings (SSSR count). The summed E-state index contributed by atoms with van der Waals surface area (Å²) in [4.78, 5) is 12.3. The largest absolute Gasteiger partial charge is 0.483 e. The van der Waals surface area contributed by atoms with E-state index in [4.69, 9.17) is 4.74 Å². The first kappa shape index (κ1) is 18.1. The molecule has 0 fully saturated rings. The lowest BCUT2D eigenvalue weighted by Crippen LogP contribution is -2.21. The van der Waals surface area contributed by atoms with E-state index in [1.165, 1.54) is 0 Å². The van der Waals surface area contributed by atoms with Crippen molar-refractivity contribution in [3.05, 3.63) is 59.7 Å². The molecule has 2 aromatic rings. The van der Waals surface area contributed by atoms with E-state index in [1.807, 2.05) is 42.5 Å². The zero-order chi connectivity index (χ0) is 17.5. The molecule has 24 heavy (non-hydrogen) atoms. The highest BCUT2D eigenvalue weighted by atomic mass is 16.5. The molecule has 1 amide bonds. The van der Waals surface area contributed by atoms with Gasteiger partial charge in [-0.3, -0.25) is 4.79 Å². The summed E-state index contributed by atoms with van der Waals surface area (Å²) >= 11 is 0. The summed E-state index contributed by atoms with van der Waals surface area (Å²) in [6.45, 7) is 8.56. The lowest BCUT2D eigenvalue weighted by molar-refractivity contribution is -0.118. The van der Waals surface area contributed by atoms with Gasteiger partial charge in [0.1, 0.15) is 5.75 Å². The predicted molar refractivity (Wildman–Crippen MR) is 99.8 cm³/mol. The molecule has 0 unspecified atom stereocenters. The van der Waals surface area contributed by atoms with Crippen molar-refractivity contribution < 1.29 is 9.53 Å². The SMILES string of the molecule is CC[C@@H](C)c1ccccc1NC(=O)COc1ccccc1C(C)C. The van der Waals surface area contributed by atoms with Gasteiger partial charge in [0, 0.05) is 5.69 Å². The third-order valence-electron chi connectivity index (χ3n) is 4.28. The van der Waals surface area contributed by atoms with Gasteiger partial charge in [-0.1, -0.05) is 64.1 Å². The van der Waals surface area contributed by atoms with Gasteiger partial charge in [-0.15, -0.1) is 0 Å². The first-order chi connectivity index (χ1) is 11.5. The van der Waals surface area contributed by atoms with Crippen molar-refractivity contribution in [2.75, 3.05) is 11.9 Å². The third kappa shape index (κ3) is 4.60. The van der Waals surface area contributed by atoms with Crippen LogP contribution in [0, 0.1) is 0 Å². The van der Waals surface area contributed by atoms with Crippen molar-refractivity contribution in [1.82, 2.24) is 0 Å². The molecule has 0 aromatic heterocycles. The Morgan fingerprint density at radius 2 is 1.62 bits per heavy atom. The minimum absolute atomic E-state index is 0.0125. The number of benzene rings is 2. The van der Waals surface area contributed by atoms with Crippen LogP contribution in [0.2, 0.25) is 0 Å². The van der Waals surface area contributed by atoms with Crippen molar-refractivity contribution in [1.29, 1.82) is 0 Å². The Morgan fingerprint density at radius 3 is 2.29 bits per heavy atom. The number of hydrogen-bond donors (Lipinski definition) is 1. The first-order valence-electron chi connectivity index (χ1n) is 8.63. The molecule has 0 aliphatic carbocycles. The molecule has 0 radical (unpaired) electrons. The van der Waals surface area contributed by atoms with Crippen molar-refractivity contribution >= 4 is 11.6 Å². The Balaban J connectivity index is 2.03. The zero-order valence-electron chi connectivity index (χ0n) is 15.0. The maximum absolute atomic E-state index is 12.3. The normalized spacial score (nSPS) is 12.0. The minimum atomic E-state index is -0.135. The van der Waals surface area contributed by atoms with Crippen LogP contribution in [-0.2, 0) is 4.79 Å². The molecule has 3 nitrogen and oxygen atoms in total. The highest BCUT2D eigenvalue weighted by molar-refractivity contribution is 5.92. The number of ether oxygens (including phenoxy) is 1. The third-order valence-corrected chi connectivity index (χ3v) is 4.28. The second-order valence-corrected chi connectivity index (χ2v) is 6.43. The van der Waals surface area contributed by atoms with Gasteiger partial charge in [0.25, 0.3) is 5.91 Å². The molecule has 2 aromatic carbocycles. The van der Waals surface area contributed by atoms with E-state index in [-0.39, 0.29) is 12.5 Å². The maximum Gasteiger partial charge on any atom is 0.262 e. The minimum Gasteiger partial charge on any atom is -0.483 e. The van der Waals surface area contributed by atoms with Gasteiger partial charge < -0.3 is 10.1 Å². The van der Waals surface area contributed by atoms with Crippen molar-refractivity contribution in [2.45, 2.75) is 46.0 Å². The van der Waals surface area contributed by atoms with Crippen molar-refractivity contribution in [2.24, 2.45) is 0 Å². The molecule has 0 spiro atoms. The number of carbonyl (C=O) groups is 1. The molecule has 1 N–H and O–H groups in total. The summed E-state index contributed by atoms with van der Waals surface area (Å²) in [5.74, 6) is 1.40. The topological polar surface area (TPSA) is 38.3 Å². The van der Waals surface area contributed by atoms with Gasteiger partial charge in [-0.25, -0.2) is 0 Å². The van der Waals surface area contributed by atoms with Crippen LogP contribution in [0.15, 0.2) is 48.5 Å². The zero-order valence-corrected chi connectivity index (χ0v) is 15.0. The first-order valence-corrected chi connectivity index (χ1v) is 8.63. The van der Waals surface area contributed by atoms with E-state index in [0.29, 0.717) is 11.8 Å². The van der Waals surface area contributed by atoms with E-state index < -0.39 is 0 Å². The van der Waals surface area contributed by atoms with Crippen LogP contribution in [0.25, 0.3) is 0 Å². The summed E-state index contributed by atoms with van der Waals surface area (Å²) < 4.78 is 5.75. The highest BCUT2D eigenvalue weighted by Crippen LogP contribution is 2.27. The lowest BCUT2D eigenvalue weighted by atomic mass is 9.97. The molecule has 0 aliphatic heterocycles. The monoisotopic (exact) mass is 325 g/mol. The summed E-state index contributed by atoms with van der Waals surface area (Å²) in [5, 5.41) is 2.98. The molecule has 0 aliphatic rings. The highest BCUT2D eigenvalue weighted by Gasteiger charge is 2.12. The van der Waals surface area contributed by atoms with Crippen LogP contribution in [0.5, 0.6) is 5.75 Å². The average molecular weight is 325 g/mol. The second-order valence-electron chi connectivity index (χ2n) is 6.43. The Hall–Kier alpha value is -2.29. The Morgan fingerprint density at radius 1 is 1.00 bits per heavy atom. The summed E-state index contributed by atoms with van der Waals surface area (Å²) in [6.07, 6.45) is 1.03. The molecule has 0 heterocycles. The fourth-order valence-corrected chi connectivity index (χ4v) is 2.68. The number of rotatable bonds is 7. The number of amides is 1. The van der Waals surface area contributed by atoms with Gasteiger partial charge in [0.2, 0.25) is 0 Å². The van der Waals surface area contributed by atoms with Gasteiger partial charge >= 0.3 is 0 Å². The van der Waals surface area contributed by atoms with Crippen molar-refractivity contribution in [3.63, 3.8) is 0 Å². The van der Waals surface area contributed by atoms with Crippen LogP contribution in [0.3, 0.4) is 0 Å². The standard InChI is InChI=1S/C21H27NO2/c1-5-16(4)18-11-6-8-12-19(18)22-21(23)14-24-20-13-9-7-10-17(20)15(2)3/h6-13,15-16H,5,14H2,1-4H3,(H,22,23)/t16-/m1/s1. The van der Waals surface area contributed by atoms with Gasteiger partial charge in [-0.05, 0) is 41.5 Å². The molecule has 0 bridgehead atoms. The van der Waals surface area contributed by atoms with Crippen LogP contribution in [-0.4, -0.2) is 12.5 Å². The van der Waals surface area contributed by atoms with E-state index in [1.54, 1.807) is 0 Å². The molecular formula is C21H27NO2. The summed E-state index contributed by atoms with van der Waals surface area (Å²) in [7, 11) is 0. The number of nitrogens with one attached hydrogen (secondary N) is 1. The van der Waals surface area contributed by atoms with Crippen molar-refractivity contribution in [3.8, 4) is 5.75 Å².